The van der Waals surface area contributed by atoms with E-state index in [2.05, 4.69) is 36.5 Å². The SMILES string of the molecule is Cc1ccc(SCCC(=O)N(Cc2ccccc2)C(C)C(=O)NC(C)(C)C)cc1. The van der Waals surface area contributed by atoms with Gasteiger partial charge in [0, 0.05) is 29.2 Å². The number of amides is 2. The maximum Gasteiger partial charge on any atom is 0.242 e. The first-order valence-corrected chi connectivity index (χ1v) is 11.0. The van der Waals surface area contributed by atoms with Crippen molar-refractivity contribution < 1.29 is 9.59 Å². The second-order valence-corrected chi connectivity index (χ2v) is 9.50. The van der Waals surface area contributed by atoms with Crippen LogP contribution in [0.5, 0.6) is 0 Å². The third-order valence-corrected chi connectivity index (χ3v) is 5.48. The van der Waals surface area contributed by atoms with Crippen molar-refractivity contribution in [2.45, 2.75) is 64.1 Å². The first kappa shape index (κ1) is 23.0. The Morgan fingerprint density at radius 1 is 1.03 bits per heavy atom. The van der Waals surface area contributed by atoms with Gasteiger partial charge < -0.3 is 10.2 Å². The van der Waals surface area contributed by atoms with E-state index in [0.29, 0.717) is 18.7 Å². The summed E-state index contributed by atoms with van der Waals surface area (Å²) < 4.78 is 0. The van der Waals surface area contributed by atoms with Gasteiger partial charge in [0.1, 0.15) is 6.04 Å². The molecular weight excluding hydrogens is 380 g/mol. The number of hydrogen-bond donors (Lipinski definition) is 1. The van der Waals surface area contributed by atoms with E-state index in [-0.39, 0.29) is 17.4 Å². The lowest BCUT2D eigenvalue weighted by Gasteiger charge is -2.31. The van der Waals surface area contributed by atoms with Crippen molar-refractivity contribution >= 4 is 23.6 Å². The fraction of sp³-hybridized carbons (Fsp3) is 0.417. The molecule has 1 N–H and O–H groups in total. The van der Waals surface area contributed by atoms with E-state index in [1.807, 2.05) is 51.1 Å². The fourth-order valence-corrected chi connectivity index (χ4v) is 3.71. The number of aryl methyl sites for hydroxylation is 1. The maximum absolute atomic E-state index is 13.0. The highest BCUT2D eigenvalue weighted by Crippen LogP contribution is 2.20. The molecule has 4 nitrogen and oxygen atoms in total. The van der Waals surface area contributed by atoms with Gasteiger partial charge >= 0.3 is 0 Å². The summed E-state index contributed by atoms with van der Waals surface area (Å²) >= 11 is 1.66. The highest BCUT2D eigenvalue weighted by atomic mass is 32.2. The molecular formula is C24H32N2O2S. The number of nitrogens with one attached hydrogen (secondary N) is 1. The maximum atomic E-state index is 13.0. The lowest BCUT2D eigenvalue weighted by Crippen LogP contribution is -2.52. The van der Waals surface area contributed by atoms with E-state index < -0.39 is 6.04 Å². The number of hydrogen-bond acceptors (Lipinski definition) is 3. The zero-order valence-electron chi connectivity index (χ0n) is 18.1. The summed E-state index contributed by atoms with van der Waals surface area (Å²) in [6, 6.07) is 17.6. The van der Waals surface area contributed by atoms with Gasteiger partial charge in [-0.05, 0) is 52.3 Å². The second kappa shape index (κ2) is 10.5. The molecule has 0 aromatic heterocycles. The molecule has 1 atom stereocenters. The van der Waals surface area contributed by atoms with Crippen LogP contribution in [0, 0.1) is 6.92 Å². The Labute approximate surface area is 179 Å². The van der Waals surface area contributed by atoms with E-state index in [4.69, 9.17) is 0 Å². The third-order valence-electron chi connectivity index (χ3n) is 4.47. The Bertz CT molecular complexity index is 798. The average Bonchev–Trinajstić information content (AvgIpc) is 2.66. The zero-order valence-corrected chi connectivity index (χ0v) is 18.9. The number of thioether (sulfide) groups is 1. The molecule has 2 rings (SSSR count). The minimum atomic E-state index is -0.536. The van der Waals surface area contributed by atoms with Gasteiger partial charge in [-0.2, -0.15) is 0 Å². The first-order chi connectivity index (χ1) is 13.7. The molecule has 0 fully saturated rings. The molecule has 0 aliphatic heterocycles. The third kappa shape index (κ3) is 7.94. The molecule has 29 heavy (non-hydrogen) atoms. The smallest absolute Gasteiger partial charge is 0.242 e. The van der Waals surface area contributed by atoms with Crippen LogP contribution in [0.4, 0.5) is 0 Å². The monoisotopic (exact) mass is 412 g/mol. The fourth-order valence-electron chi connectivity index (χ4n) is 2.87. The van der Waals surface area contributed by atoms with Gasteiger partial charge in [0.05, 0.1) is 0 Å². The molecule has 2 amide bonds. The Morgan fingerprint density at radius 3 is 2.24 bits per heavy atom. The van der Waals surface area contributed by atoms with Crippen LogP contribution in [0.3, 0.4) is 0 Å². The predicted molar refractivity (Wildman–Crippen MR) is 121 cm³/mol. The second-order valence-electron chi connectivity index (χ2n) is 8.33. The largest absolute Gasteiger partial charge is 0.350 e. The molecule has 156 valence electrons. The molecule has 0 aliphatic carbocycles. The summed E-state index contributed by atoms with van der Waals surface area (Å²) in [4.78, 5) is 28.6. The number of rotatable bonds is 8. The Balaban J connectivity index is 2.05. The van der Waals surface area contributed by atoms with Gasteiger partial charge in [-0.15, -0.1) is 11.8 Å². The van der Waals surface area contributed by atoms with Crippen LogP contribution >= 0.6 is 11.8 Å². The van der Waals surface area contributed by atoms with Crippen molar-refractivity contribution in [2.24, 2.45) is 0 Å². The zero-order chi connectivity index (χ0) is 21.4. The molecule has 0 heterocycles. The summed E-state index contributed by atoms with van der Waals surface area (Å²) in [6.45, 7) is 10.1. The van der Waals surface area contributed by atoms with Crippen molar-refractivity contribution in [1.82, 2.24) is 10.2 Å². The Kier molecular flexibility index (Phi) is 8.32. The molecule has 0 saturated heterocycles. The molecule has 0 aliphatic rings. The lowest BCUT2D eigenvalue weighted by molar-refractivity contribution is -0.140. The summed E-state index contributed by atoms with van der Waals surface area (Å²) in [5, 5.41) is 2.99. The van der Waals surface area contributed by atoms with E-state index >= 15 is 0 Å². The number of nitrogens with zero attached hydrogens (tertiary/aromatic N) is 1. The summed E-state index contributed by atoms with van der Waals surface area (Å²) in [5.41, 5.74) is 1.90. The molecule has 2 aromatic rings. The Morgan fingerprint density at radius 2 is 1.66 bits per heavy atom. The van der Waals surface area contributed by atoms with Crippen molar-refractivity contribution in [1.29, 1.82) is 0 Å². The minimum Gasteiger partial charge on any atom is -0.350 e. The van der Waals surface area contributed by atoms with Crippen LogP contribution < -0.4 is 5.32 Å². The average molecular weight is 413 g/mol. The van der Waals surface area contributed by atoms with Gasteiger partial charge in [0.2, 0.25) is 11.8 Å². The molecule has 0 bridgehead atoms. The van der Waals surface area contributed by atoms with E-state index in [1.165, 1.54) is 5.56 Å². The van der Waals surface area contributed by atoms with Crippen molar-refractivity contribution in [3.63, 3.8) is 0 Å². The van der Waals surface area contributed by atoms with Crippen molar-refractivity contribution in [3.8, 4) is 0 Å². The quantitative estimate of drug-likeness (QED) is 0.633. The van der Waals surface area contributed by atoms with Gasteiger partial charge in [-0.3, -0.25) is 9.59 Å². The van der Waals surface area contributed by atoms with E-state index in [9.17, 15) is 9.59 Å². The van der Waals surface area contributed by atoms with Gasteiger partial charge in [-0.1, -0.05) is 48.0 Å². The molecule has 1 unspecified atom stereocenters. The molecule has 0 saturated carbocycles. The van der Waals surface area contributed by atoms with Crippen LogP contribution in [-0.2, 0) is 16.1 Å². The predicted octanol–water partition coefficient (Wildman–Crippen LogP) is 4.81. The van der Waals surface area contributed by atoms with Crippen molar-refractivity contribution in [2.75, 3.05) is 5.75 Å². The molecule has 0 radical (unpaired) electrons. The van der Waals surface area contributed by atoms with Crippen LogP contribution in [0.2, 0.25) is 0 Å². The topological polar surface area (TPSA) is 49.4 Å². The standard InChI is InChI=1S/C24H32N2O2S/c1-18-11-13-21(14-12-18)29-16-15-22(27)26(17-20-9-7-6-8-10-20)19(2)23(28)25-24(3,4)5/h6-14,19H,15-17H2,1-5H3,(H,25,28). The number of carbonyl (C=O) groups is 2. The highest BCUT2D eigenvalue weighted by Gasteiger charge is 2.28. The lowest BCUT2D eigenvalue weighted by atomic mass is 10.1. The molecule has 2 aromatic carbocycles. The van der Waals surface area contributed by atoms with E-state index in [1.54, 1.807) is 23.6 Å². The Hall–Kier alpha value is -2.27. The first-order valence-electron chi connectivity index (χ1n) is 10.0. The minimum absolute atomic E-state index is 0.00924. The van der Waals surface area contributed by atoms with E-state index in [0.717, 1.165) is 10.5 Å². The van der Waals surface area contributed by atoms with Crippen molar-refractivity contribution in [3.05, 3.63) is 65.7 Å². The number of benzene rings is 2. The van der Waals surface area contributed by atoms with Crippen LogP contribution in [-0.4, -0.2) is 34.0 Å². The van der Waals surface area contributed by atoms with Gasteiger partial charge in [-0.25, -0.2) is 0 Å². The van der Waals surface area contributed by atoms with Crippen LogP contribution in [0.15, 0.2) is 59.5 Å². The molecule has 0 spiro atoms. The summed E-state index contributed by atoms with van der Waals surface area (Å²) in [5.74, 6) is 0.541. The van der Waals surface area contributed by atoms with Gasteiger partial charge in [0.15, 0.2) is 0 Å². The van der Waals surface area contributed by atoms with Crippen LogP contribution in [0.25, 0.3) is 0 Å². The van der Waals surface area contributed by atoms with Gasteiger partial charge in [0.25, 0.3) is 0 Å². The summed E-state index contributed by atoms with van der Waals surface area (Å²) in [7, 11) is 0. The number of carbonyl (C=O) groups excluding carboxylic acids is 2. The normalized spacial score (nSPS) is 12.3. The van der Waals surface area contributed by atoms with Crippen LogP contribution in [0.1, 0.15) is 45.2 Å². The highest BCUT2D eigenvalue weighted by molar-refractivity contribution is 7.99. The molecule has 5 heteroatoms. The summed E-state index contributed by atoms with van der Waals surface area (Å²) in [6.07, 6.45) is 0.387.